The summed E-state index contributed by atoms with van der Waals surface area (Å²) in [5.41, 5.74) is 0. The predicted molar refractivity (Wildman–Crippen MR) is 76.2 cm³/mol. The summed E-state index contributed by atoms with van der Waals surface area (Å²) >= 11 is 0. The molecule has 0 heterocycles. The monoisotopic (exact) mass is 272 g/mol. The molecule has 1 unspecified atom stereocenters. The van der Waals surface area contributed by atoms with E-state index in [0.717, 1.165) is 38.5 Å². The second-order valence-electron chi connectivity index (χ2n) is 4.93. The summed E-state index contributed by atoms with van der Waals surface area (Å²) in [6.45, 7) is 6.09. The van der Waals surface area contributed by atoms with Crippen molar-refractivity contribution in [2.45, 2.75) is 77.8 Å². The summed E-state index contributed by atoms with van der Waals surface area (Å²) in [5, 5.41) is 14.4. The highest BCUT2D eigenvalue weighted by Gasteiger charge is 2.20. The SMILES string of the molecule is CCCCC(CCC)NC(=O)N[C@H](CCC)C(=O)O. The van der Waals surface area contributed by atoms with Gasteiger partial charge in [0.25, 0.3) is 0 Å². The molecule has 0 aliphatic rings. The molecule has 2 atom stereocenters. The van der Waals surface area contributed by atoms with Gasteiger partial charge in [-0.1, -0.05) is 46.5 Å². The van der Waals surface area contributed by atoms with Crippen molar-refractivity contribution >= 4 is 12.0 Å². The van der Waals surface area contributed by atoms with E-state index >= 15 is 0 Å². The van der Waals surface area contributed by atoms with Crippen molar-refractivity contribution in [1.29, 1.82) is 0 Å². The van der Waals surface area contributed by atoms with Crippen molar-refractivity contribution < 1.29 is 14.7 Å². The molecule has 0 fully saturated rings. The van der Waals surface area contributed by atoms with Gasteiger partial charge in [-0.25, -0.2) is 9.59 Å². The molecule has 5 heteroatoms. The average Bonchev–Trinajstić information content (AvgIpc) is 2.35. The lowest BCUT2D eigenvalue weighted by atomic mass is 10.1. The molecule has 5 nitrogen and oxygen atoms in total. The first kappa shape index (κ1) is 17.7. The molecule has 0 aromatic carbocycles. The lowest BCUT2D eigenvalue weighted by molar-refractivity contribution is -0.139. The quantitative estimate of drug-likeness (QED) is 0.572. The molecule has 0 spiro atoms. The number of amides is 2. The molecule has 0 saturated heterocycles. The number of hydrogen-bond donors (Lipinski definition) is 3. The van der Waals surface area contributed by atoms with Crippen LogP contribution in [0.25, 0.3) is 0 Å². The van der Waals surface area contributed by atoms with E-state index in [4.69, 9.17) is 5.11 Å². The third-order valence-corrected chi connectivity index (χ3v) is 3.06. The second-order valence-corrected chi connectivity index (χ2v) is 4.93. The Kier molecular flexibility index (Phi) is 9.94. The number of carbonyl (C=O) groups excluding carboxylic acids is 1. The smallest absolute Gasteiger partial charge is 0.326 e. The Labute approximate surface area is 116 Å². The fraction of sp³-hybridized carbons (Fsp3) is 0.857. The lowest BCUT2D eigenvalue weighted by Gasteiger charge is -2.20. The number of hydrogen-bond acceptors (Lipinski definition) is 2. The van der Waals surface area contributed by atoms with Gasteiger partial charge in [-0.2, -0.15) is 0 Å². The van der Waals surface area contributed by atoms with Crippen LogP contribution in [0.5, 0.6) is 0 Å². The first-order valence-electron chi connectivity index (χ1n) is 7.34. The highest BCUT2D eigenvalue weighted by Crippen LogP contribution is 2.07. The van der Waals surface area contributed by atoms with E-state index in [9.17, 15) is 9.59 Å². The van der Waals surface area contributed by atoms with Gasteiger partial charge < -0.3 is 15.7 Å². The van der Waals surface area contributed by atoms with Gasteiger partial charge in [0.2, 0.25) is 0 Å². The van der Waals surface area contributed by atoms with Gasteiger partial charge in [-0.05, 0) is 19.3 Å². The Morgan fingerprint density at radius 1 is 0.947 bits per heavy atom. The third-order valence-electron chi connectivity index (χ3n) is 3.06. The zero-order chi connectivity index (χ0) is 14.7. The molecule has 2 amide bonds. The van der Waals surface area contributed by atoms with Crippen molar-refractivity contribution in [2.24, 2.45) is 0 Å². The van der Waals surface area contributed by atoms with Crippen LogP contribution in [0.2, 0.25) is 0 Å². The summed E-state index contributed by atoms with van der Waals surface area (Å²) in [6, 6.07) is -1.02. The molecule has 3 N–H and O–H groups in total. The van der Waals surface area contributed by atoms with Gasteiger partial charge in [0, 0.05) is 6.04 Å². The van der Waals surface area contributed by atoms with Crippen LogP contribution < -0.4 is 10.6 Å². The molecule has 0 aliphatic carbocycles. The molecule has 0 aromatic rings. The Balaban J connectivity index is 4.25. The summed E-state index contributed by atoms with van der Waals surface area (Å²) in [6.07, 6.45) is 6.23. The molecule has 0 bridgehead atoms. The first-order valence-corrected chi connectivity index (χ1v) is 7.34. The fourth-order valence-corrected chi connectivity index (χ4v) is 2.02. The van der Waals surface area contributed by atoms with Gasteiger partial charge in [0.15, 0.2) is 0 Å². The zero-order valence-corrected chi connectivity index (χ0v) is 12.4. The van der Waals surface area contributed by atoms with Crippen LogP contribution in [0.4, 0.5) is 4.79 Å². The van der Waals surface area contributed by atoms with Gasteiger partial charge in [-0.3, -0.25) is 0 Å². The molecule has 112 valence electrons. The molecule has 0 saturated carbocycles. The van der Waals surface area contributed by atoms with E-state index < -0.39 is 12.0 Å². The van der Waals surface area contributed by atoms with Crippen LogP contribution in [0.1, 0.15) is 65.7 Å². The number of carbonyl (C=O) groups is 2. The van der Waals surface area contributed by atoms with Crippen molar-refractivity contribution in [3.8, 4) is 0 Å². The Hall–Kier alpha value is -1.26. The minimum atomic E-state index is -0.974. The number of carboxylic acid groups (broad SMARTS) is 1. The van der Waals surface area contributed by atoms with Gasteiger partial charge in [-0.15, -0.1) is 0 Å². The minimum Gasteiger partial charge on any atom is -0.480 e. The third kappa shape index (κ3) is 8.46. The molecule has 0 aliphatic heterocycles. The maximum Gasteiger partial charge on any atom is 0.326 e. The van der Waals surface area contributed by atoms with Crippen LogP contribution in [0, 0.1) is 0 Å². The van der Waals surface area contributed by atoms with Crippen molar-refractivity contribution in [2.75, 3.05) is 0 Å². The summed E-state index contributed by atoms with van der Waals surface area (Å²) in [4.78, 5) is 22.8. The standard InChI is InChI=1S/C14H28N2O3/c1-4-7-10-11(8-5-2)15-14(19)16-12(9-6-3)13(17)18/h11-12H,4-10H2,1-3H3,(H,17,18)(H2,15,16,19)/t11?,12-/m1/s1. The van der Waals surface area contributed by atoms with Crippen LogP contribution in [-0.2, 0) is 4.79 Å². The van der Waals surface area contributed by atoms with E-state index in [2.05, 4.69) is 24.5 Å². The summed E-state index contributed by atoms with van der Waals surface area (Å²) in [5.74, 6) is -0.974. The van der Waals surface area contributed by atoms with Crippen LogP contribution in [0.15, 0.2) is 0 Å². The highest BCUT2D eigenvalue weighted by molar-refractivity contribution is 5.82. The van der Waals surface area contributed by atoms with Crippen molar-refractivity contribution in [3.05, 3.63) is 0 Å². The normalized spacial score (nSPS) is 13.6. The van der Waals surface area contributed by atoms with E-state index in [1.165, 1.54) is 0 Å². The predicted octanol–water partition coefficient (Wildman–Crippen LogP) is 2.90. The number of carboxylic acids is 1. The fourth-order valence-electron chi connectivity index (χ4n) is 2.02. The van der Waals surface area contributed by atoms with E-state index in [0.29, 0.717) is 6.42 Å². The van der Waals surface area contributed by atoms with E-state index in [1.54, 1.807) is 0 Å². The van der Waals surface area contributed by atoms with Gasteiger partial charge >= 0.3 is 12.0 Å². The number of nitrogens with one attached hydrogen (secondary N) is 2. The molecule has 0 aromatic heterocycles. The van der Waals surface area contributed by atoms with Crippen LogP contribution >= 0.6 is 0 Å². The van der Waals surface area contributed by atoms with Crippen molar-refractivity contribution in [3.63, 3.8) is 0 Å². The van der Waals surface area contributed by atoms with Gasteiger partial charge in [0.1, 0.15) is 6.04 Å². The Morgan fingerprint density at radius 3 is 2.05 bits per heavy atom. The topological polar surface area (TPSA) is 78.4 Å². The lowest BCUT2D eigenvalue weighted by Crippen LogP contribution is -2.49. The number of rotatable bonds is 10. The second kappa shape index (κ2) is 10.6. The van der Waals surface area contributed by atoms with Crippen LogP contribution in [-0.4, -0.2) is 29.2 Å². The first-order chi connectivity index (χ1) is 9.04. The molecular formula is C14H28N2O3. The van der Waals surface area contributed by atoms with E-state index in [-0.39, 0.29) is 12.1 Å². The largest absolute Gasteiger partial charge is 0.480 e. The Bertz CT molecular complexity index is 269. The number of urea groups is 1. The molecular weight excluding hydrogens is 244 g/mol. The summed E-state index contributed by atoms with van der Waals surface area (Å²) < 4.78 is 0. The molecule has 19 heavy (non-hydrogen) atoms. The number of unbranched alkanes of at least 4 members (excludes halogenated alkanes) is 1. The highest BCUT2D eigenvalue weighted by atomic mass is 16.4. The van der Waals surface area contributed by atoms with E-state index in [1.807, 2.05) is 6.92 Å². The maximum atomic E-state index is 11.8. The Morgan fingerprint density at radius 2 is 1.58 bits per heavy atom. The van der Waals surface area contributed by atoms with Crippen LogP contribution in [0.3, 0.4) is 0 Å². The number of aliphatic carboxylic acids is 1. The zero-order valence-electron chi connectivity index (χ0n) is 12.4. The molecule has 0 rings (SSSR count). The average molecular weight is 272 g/mol. The van der Waals surface area contributed by atoms with Crippen molar-refractivity contribution in [1.82, 2.24) is 10.6 Å². The minimum absolute atomic E-state index is 0.140. The molecule has 0 radical (unpaired) electrons. The maximum absolute atomic E-state index is 11.8. The summed E-state index contributed by atoms with van der Waals surface area (Å²) in [7, 11) is 0. The van der Waals surface area contributed by atoms with Gasteiger partial charge in [0.05, 0.1) is 0 Å².